The van der Waals surface area contributed by atoms with Gasteiger partial charge in [0.15, 0.2) is 0 Å². The van der Waals surface area contributed by atoms with Gasteiger partial charge < -0.3 is 11.5 Å². The van der Waals surface area contributed by atoms with Gasteiger partial charge in [0.05, 0.1) is 5.69 Å². The molecule has 1 heterocycles. The van der Waals surface area contributed by atoms with Crippen molar-refractivity contribution in [1.29, 1.82) is 0 Å². The first-order chi connectivity index (χ1) is 10.0. The highest BCUT2D eigenvalue weighted by Gasteiger charge is 2.16. The van der Waals surface area contributed by atoms with Crippen molar-refractivity contribution in [3.63, 3.8) is 0 Å². The number of nitrogen functional groups attached to an aromatic ring is 2. The van der Waals surface area contributed by atoms with Crippen LogP contribution in [0.4, 0.5) is 11.8 Å². The Kier molecular flexibility index (Phi) is 5.02. The number of nitrogens with two attached hydrogens (primary N) is 2. The summed E-state index contributed by atoms with van der Waals surface area (Å²) >= 11 is 5.90. The van der Waals surface area contributed by atoms with Crippen LogP contribution in [0.2, 0.25) is 5.02 Å². The monoisotopic (exact) mass is 304 g/mol. The summed E-state index contributed by atoms with van der Waals surface area (Å²) in [7, 11) is 0. The number of rotatable bonds is 5. The van der Waals surface area contributed by atoms with E-state index in [4.69, 9.17) is 23.1 Å². The van der Waals surface area contributed by atoms with Crippen LogP contribution in [-0.4, -0.2) is 9.97 Å². The van der Waals surface area contributed by atoms with Crippen molar-refractivity contribution < 1.29 is 0 Å². The molecule has 0 saturated heterocycles. The number of hydrogen-bond donors (Lipinski definition) is 2. The molecule has 1 aromatic carbocycles. The summed E-state index contributed by atoms with van der Waals surface area (Å²) in [5, 5.41) is 0.760. The van der Waals surface area contributed by atoms with Crippen molar-refractivity contribution >= 4 is 23.4 Å². The molecular weight excluding hydrogens is 284 g/mol. The molecule has 0 saturated carbocycles. The lowest BCUT2D eigenvalue weighted by Crippen LogP contribution is -2.11. The van der Waals surface area contributed by atoms with Crippen molar-refractivity contribution in [3.05, 3.63) is 46.1 Å². The van der Waals surface area contributed by atoms with Crippen LogP contribution in [0.1, 0.15) is 43.0 Å². The van der Waals surface area contributed by atoms with Crippen molar-refractivity contribution in [2.75, 3.05) is 11.5 Å². The fourth-order valence-electron chi connectivity index (χ4n) is 2.54. The maximum absolute atomic E-state index is 6.04. The predicted molar refractivity (Wildman–Crippen MR) is 88.4 cm³/mol. The summed E-state index contributed by atoms with van der Waals surface area (Å²) in [6, 6.07) is 7.94. The quantitative estimate of drug-likeness (QED) is 0.885. The van der Waals surface area contributed by atoms with Gasteiger partial charge in [0.25, 0.3) is 0 Å². The van der Waals surface area contributed by atoms with Crippen LogP contribution < -0.4 is 11.5 Å². The van der Waals surface area contributed by atoms with Crippen LogP contribution in [-0.2, 0) is 12.8 Å². The fourth-order valence-corrected chi connectivity index (χ4v) is 2.67. The molecule has 0 spiro atoms. The van der Waals surface area contributed by atoms with E-state index in [0.717, 1.165) is 35.5 Å². The molecule has 0 aliphatic heterocycles. The molecule has 0 fully saturated rings. The van der Waals surface area contributed by atoms with E-state index in [0.29, 0.717) is 5.82 Å². The summed E-state index contributed by atoms with van der Waals surface area (Å²) in [6.07, 6.45) is 2.74. The number of aryl methyl sites for hydroxylation is 2. The molecule has 21 heavy (non-hydrogen) atoms. The van der Waals surface area contributed by atoms with Gasteiger partial charge in [0, 0.05) is 10.6 Å². The molecule has 0 bridgehead atoms. The van der Waals surface area contributed by atoms with Crippen LogP contribution in [0.25, 0.3) is 0 Å². The molecule has 4 N–H and O–H groups in total. The lowest BCUT2D eigenvalue weighted by molar-refractivity contribution is 0.666. The zero-order valence-corrected chi connectivity index (χ0v) is 13.2. The minimum absolute atomic E-state index is 0.248. The molecule has 0 amide bonds. The Morgan fingerprint density at radius 3 is 2.43 bits per heavy atom. The SMILES string of the molecule is CCc1nc(N)nc(N)c1C(C)CCc1ccc(Cl)cc1. The van der Waals surface area contributed by atoms with Gasteiger partial charge in [-0.3, -0.25) is 0 Å². The second kappa shape index (κ2) is 6.76. The van der Waals surface area contributed by atoms with Gasteiger partial charge >= 0.3 is 0 Å². The molecule has 1 aromatic heterocycles. The Hall–Kier alpha value is -1.81. The minimum Gasteiger partial charge on any atom is -0.383 e. The summed E-state index contributed by atoms with van der Waals surface area (Å²) in [5.41, 5.74) is 14.9. The average molecular weight is 305 g/mol. The lowest BCUT2D eigenvalue weighted by Gasteiger charge is -2.17. The number of nitrogens with zero attached hydrogens (tertiary/aromatic N) is 2. The third-order valence-electron chi connectivity index (χ3n) is 3.68. The number of halogens is 1. The molecule has 0 aliphatic rings. The zero-order valence-electron chi connectivity index (χ0n) is 12.4. The number of aromatic nitrogens is 2. The molecular formula is C16H21ClN4. The highest BCUT2D eigenvalue weighted by molar-refractivity contribution is 6.30. The van der Waals surface area contributed by atoms with E-state index in [1.807, 2.05) is 12.1 Å². The topological polar surface area (TPSA) is 77.8 Å². The van der Waals surface area contributed by atoms with Crippen molar-refractivity contribution in [2.45, 2.75) is 39.0 Å². The van der Waals surface area contributed by atoms with E-state index < -0.39 is 0 Å². The second-order valence-electron chi connectivity index (χ2n) is 5.25. The maximum atomic E-state index is 6.04. The molecule has 2 aromatic rings. The molecule has 1 atom stereocenters. The van der Waals surface area contributed by atoms with E-state index in [-0.39, 0.29) is 11.9 Å². The van der Waals surface area contributed by atoms with Gasteiger partial charge in [-0.1, -0.05) is 37.6 Å². The molecule has 1 unspecified atom stereocenters. The Labute approximate surface area is 130 Å². The molecule has 2 rings (SSSR count). The third kappa shape index (κ3) is 3.85. The summed E-state index contributed by atoms with van der Waals surface area (Å²) in [6.45, 7) is 4.21. The van der Waals surface area contributed by atoms with Crippen molar-refractivity contribution in [3.8, 4) is 0 Å². The number of benzene rings is 1. The lowest BCUT2D eigenvalue weighted by atomic mass is 9.92. The molecule has 112 valence electrons. The van der Waals surface area contributed by atoms with E-state index in [2.05, 4.69) is 35.9 Å². The van der Waals surface area contributed by atoms with Gasteiger partial charge in [-0.25, -0.2) is 4.98 Å². The Bertz CT molecular complexity index is 610. The smallest absolute Gasteiger partial charge is 0.222 e. The van der Waals surface area contributed by atoms with Gasteiger partial charge in [0.2, 0.25) is 5.95 Å². The number of hydrogen-bond acceptors (Lipinski definition) is 4. The van der Waals surface area contributed by atoms with Crippen molar-refractivity contribution in [2.24, 2.45) is 0 Å². The summed E-state index contributed by atoms with van der Waals surface area (Å²) < 4.78 is 0. The third-order valence-corrected chi connectivity index (χ3v) is 3.93. The largest absolute Gasteiger partial charge is 0.383 e. The molecule has 0 radical (unpaired) electrons. The van der Waals surface area contributed by atoms with Crippen LogP contribution >= 0.6 is 11.6 Å². The predicted octanol–water partition coefficient (Wildman–Crippen LogP) is 3.59. The summed E-state index contributed by atoms with van der Waals surface area (Å²) in [5.74, 6) is 1.04. The average Bonchev–Trinajstić information content (AvgIpc) is 2.45. The van der Waals surface area contributed by atoms with Crippen LogP contribution in [0.15, 0.2) is 24.3 Å². The van der Waals surface area contributed by atoms with E-state index in [1.165, 1.54) is 5.56 Å². The summed E-state index contributed by atoms with van der Waals surface area (Å²) in [4.78, 5) is 8.41. The highest BCUT2D eigenvalue weighted by atomic mass is 35.5. The second-order valence-corrected chi connectivity index (χ2v) is 5.68. The maximum Gasteiger partial charge on any atom is 0.222 e. The van der Waals surface area contributed by atoms with Crippen LogP contribution in [0.3, 0.4) is 0 Å². The van der Waals surface area contributed by atoms with E-state index >= 15 is 0 Å². The van der Waals surface area contributed by atoms with Gasteiger partial charge in [-0.2, -0.15) is 4.98 Å². The van der Waals surface area contributed by atoms with E-state index in [1.54, 1.807) is 0 Å². The molecule has 5 heteroatoms. The first kappa shape index (κ1) is 15.6. The van der Waals surface area contributed by atoms with E-state index in [9.17, 15) is 0 Å². The first-order valence-electron chi connectivity index (χ1n) is 7.17. The fraction of sp³-hybridized carbons (Fsp3) is 0.375. The highest BCUT2D eigenvalue weighted by Crippen LogP contribution is 2.28. The standard InChI is InChI=1S/C16H21ClN4/c1-3-13-14(15(18)21-16(19)20-13)10(2)4-5-11-6-8-12(17)9-7-11/h6-10H,3-5H2,1-2H3,(H4,18,19,20,21). The van der Waals surface area contributed by atoms with Gasteiger partial charge in [0.1, 0.15) is 5.82 Å². The molecule has 4 nitrogen and oxygen atoms in total. The van der Waals surface area contributed by atoms with Crippen LogP contribution in [0.5, 0.6) is 0 Å². The zero-order chi connectivity index (χ0) is 15.4. The molecule has 0 aliphatic carbocycles. The Balaban J connectivity index is 2.13. The van der Waals surface area contributed by atoms with Crippen molar-refractivity contribution in [1.82, 2.24) is 9.97 Å². The van der Waals surface area contributed by atoms with Crippen LogP contribution in [0, 0.1) is 0 Å². The normalized spacial score (nSPS) is 12.3. The first-order valence-corrected chi connectivity index (χ1v) is 7.55. The Morgan fingerprint density at radius 2 is 1.81 bits per heavy atom. The van der Waals surface area contributed by atoms with Gasteiger partial charge in [-0.15, -0.1) is 0 Å². The van der Waals surface area contributed by atoms with Gasteiger partial charge in [-0.05, 0) is 42.9 Å². The Morgan fingerprint density at radius 1 is 1.14 bits per heavy atom. The number of anilines is 2. The minimum atomic E-state index is 0.248.